The van der Waals surface area contributed by atoms with Crippen LogP contribution in [0, 0.1) is 11.8 Å². The summed E-state index contributed by atoms with van der Waals surface area (Å²) in [6.45, 7) is 2.92. The van der Waals surface area contributed by atoms with Gasteiger partial charge in [0.2, 0.25) is 0 Å². The predicted molar refractivity (Wildman–Crippen MR) is 116 cm³/mol. The van der Waals surface area contributed by atoms with Crippen molar-refractivity contribution in [1.82, 2.24) is 19.4 Å². The van der Waals surface area contributed by atoms with Gasteiger partial charge in [-0.05, 0) is 61.8 Å². The van der Waals surface area contributed by atoms with Crippen molar-refractivity contribution in [3.63, 3.8) is 0 Å². The summed E-state index contributed by atoms with van der Waals surface area (Å²) < 4.78 is 7.30. The van der Waals surface area contributed by atoms with Crippen molar-refractivity contribution in [2.24, 2.45) is 18.9 Å². The summed E-state index contributed by atoms with van der Waals surface area (Å²) in [5.41, 5.74) is 2.03. The third kappa shape index (κ3) is 3.51. The van der Waals surface area contributed by atoms with E-state index in [1.54, 1.807) is 19.6 Å². The number of hydrogen-bond acceptors (Lipinski definition) is 4. The van der Waals surface area contributed by atoms with Crippen molar-refractivity contribution in [2.75, 3.05) is 26.7 Å². The lowest BCUT2D eigenvalue weighted by atomic mass is 9.71. The Balaban J connectivity index is 1.41. The quantitative estimate of drug-likeness (QED) is 0.781. The second kappa shape index (κ2) is 8.06. The van der Waals surface area contributed by atoms with Crippen LogP contribution in [0.25, 0.3) is 0 Å². The fraction of sp³-hybridized carbons (Fsp3) is 0.583. The Morgan fingerprint density at radius 1 is 1.23 bits per heavy atom. The van der Waals surface area contributed by atoms with Crippen molar-refractivity contribution in [3.05, 3.63) is 48.0 Å². The van der Waals surface area contributed by atoms with Crippen LogP contribution in [-0.2, 0) is 13.5 Å². The smallest absolute Gasteiger partial charge is 0.272 e. The highest BCUT2D eigenvalue weighted by Crippen LogP contribution is 2.42. The van der Waals surface area contributed by atoms with Crippen LogP contribution in [0.4, 0.5) is 0 Å². The van der Waals surface area contributed by atoms with E-state index in [1.807, 2.05) is 17.7 Å². The molecule has 3 saturated heterocycles. The first-order valence-electron chi connectivity index (χ1n) is 11.3. The molecule has 0 N–H and O–H groups in total. The summed E-state index contributed by atoms with van der Waals surface area (Å²) in [4.78, 5) is 22.3. The minimum absolute atomic E-state index is 0.133. The molecule has 5 rings (SSSR count). The second-order valence-electron chi connectivity index (χ2n) is 9.28. The number of piperidine rings is 3. The molecule has 3 aliphatic rings. The van der Waals surface area contributed by atoms with Crippen LogP contribution >= 0.6 is 0 Å². The summed E-state index contributed by atoms with van der Waals surface area (Å²) >= 11 is 0. The van der Waals surface area contributed by atoms with E-state index in [-0.39, 0.29) is 5.91 Å². The minimum atomic E-state index is 0.133. The number of nitrogens with zero attached hydrogens (tertiary/aromatic N) is 4. The van der Waals surface area contributed by atoms with E-state index < -0.39 is 0 Å². The van der Waals surface area contributed by atoms with Crippen molar-refractivity contribution >= 4 is 5.91 Å². The molecule has 160 valence electrons. The van der Waals surface area contributed by atoms with Crippen LogP contribution in [0.3, 0.4) is 0 Å². The first-order chi connectivity index (χ1) is 14.6. The molecule has 2 bridgehead atoms. The number of ether oxygens (including phenoxy) is 1. The van der Waals surface area contributed by atoms with Gasteiger partial charge in [-0.15, -0.1) is 0 Å². The van der Waals surface area contributed by atoms with Crippen LogP contribution in [0.1, 0.15) is 41.7 Å². The van der Waals surface area contributed by atoms with E-state index in [0.717, 1.165) is 25.3 Å². The Labute approximate surface area is 178 Å². The Morgan fingerprint density at radius 2 is 2.10 bits per heavy atom. The van der Waals surface area contributed by atoms with Gasteiger partial charge in [-0.2, -0.15) is 0 Å². The van der Waals surface area contributed by atoms with Crippen molar-refractivity contribution in [1.29, 1.82) is 0 Å². The number of carbonyl (C=O) groups excluding carboxylic acids is 1. The maximum absolute atomic E-state index is 13.3. The molecule has 0 unspecified atom stereocenters. The fourth-order valence-corrected chi connectivity index (χ4v) is 6.12. The number of rotatable bonds is 4. The average molecular weight is 409 g/mol. The molecule has 0 radical (unpaired) electrons. The lowest BCUT2D eigenvalue weighted by Gasteiger charge is -2.57. The topological polar surface area (TPSA) is 50.6 Å². The van der Waals surface area contributed by atoms with Crippen LogP contribution < -0.4 is 4.74 Å². The first-order valence-corrected chi connectivity index (χ1v) is 11.3. The number of amides is 1. The molecular formula is C24H32N4O2. The molecule has 2 aromatic rings. The number of aryl methyl sites for hydroxylation is 1. The maximum atomic E-state index is 13.3. The molecule has 1 amide bonds. The SMILES string of the molecule is COc1cccc(C[C@H]2[C@H]3C[C@H](CN(C(=O)c4cncn4C)C3)[C@@H]3CCCCN32)c1. The first kappa shape index (κ1) is 19.6. The number of hydrogen-bond donors (Lipinski definition) is 0. The monoisotopic (exact) mass is 408 g/mol. The fourth-order valence-electron chi connectivity index (χ4n) is 6.12. The summed E-state index contributed by atoms with van der Waals surface area (Å²) in [5.74, 6) is 2.16. The number of imidazole rings is 1. The highest BCUT2D eigenvalue weighted by Gasteiger charge is 2.48. The van der Waals surface area contributed by atoms with E-state index >= 15 is 0 Å². The molecule has 1 aromatic heterocycles. The maximum Gasteiger partial charge on any atom is 0.272 e. The third-order valence-electron chi connectivity index (χ3n) is 7.52. The summed E-state index contributed by atoms with van der Waals surface area (Å²) in [6.07, 6.45) is 9.55. The molecule has 6 heteroatoms. The lowest BCUT2D eigenvalue weighted by molar-refractivity contribution is -0.0643. The summed E-state index contributed by atoms with van der Waals surface area (Å²) in [5, 5.41) is 0. The van der Waals surface area contributed by atoms with Gasteiger partial charge in [-0.25, -0.2) is 4.98 Å². The van der Waals surface area contributed by atoms with Gasteiger partial charge < -0.3 is 14.2 Å². The van der Waals surface area contributed by atoms with Gasteiger partial charge in [-0.1, -0.05) is 18.6 Å². The standard InChI is InChI=1S/C24H32N4O2/c1-26-16-25-13-23(26)24(29)27-14-18-12-19(15-27)22(28-9-4-3-8-21(18)28)11-17-6-5-7-20(10-17)30-2/h5-7,10,13,16,18-19,21-22H,3-4,8-9,11-12,14-15H2,1-2H3/t18-,19+,21+,22+/m1/s1. The van der Waals surface area contributed by atoms with E-state index in [9.17, 15) is 4.79 Å². The molecule has 0 aliphatic carbocycles. The van der Waals surface area contributed by atoms with E-state index in [2.05, 4.69) is 33.0 Å². The Morgan fingerprint density at radius 3 is 2.90 bits per heavy atom. The van der Waals surface area contributed by atoms with Gasteiger partial charge in [0, 0.05) is 32.2 Å². The van der Waals surface area contributed by atoms with Crippen LogP contribution in [0.2, 0.25) is 0 Å². The molecule has 1 aromatic carbocycles. The van der Waals surface area contributed by atoms with Crippen LogP contribution in [0.5, 0.6) is 5.75 Å². The Kier molecular flexibility index (Phi) is 5.27. The molecule has 3 aliphatic heterocycles. The largest absolute Gasteiger partial charge is 0.497 e. The molecule has 4 atom stereocenters. The van der Waals surface area contributed by atoms with Crippen LogP contribution in [0.15, 0.2) is 36.8 Å². The Hall–Kier alpha value is -2.34. The highest BCUT2D eigenvalue weighted by atomic mass is 16.5. The Bertz CT molecular complexity index is 910. The second-order valence-corrected chi connectivity index (χ2v) is 9.28. The van der Waals surface area contributed by atoms with Crippen molar-refractivity contribution in [3.8, 4) is 5.75 Å². The number of benzene rings is 1. The molecule has 0 spiro atoms. The van der Waals surface area contributed by atoms with E-state index in [0.29, 0.717) is 29.6 Å². The van der Waals surface area contributed by atoms with Gasteiger partial charge in [-0.3, -0.25) is 9.69 Å². The molecule has 4 heterocycles. The van der Waals surface area contributed by atoms with Crippen molar-refractivity contribution < 1.29 is 9.53 Å². The van der Waals surface area contributed by atoms with Gasteiger partial charge in [0.1, 0.15) is 11.4 Å². The third-order valence-corrected chi connectivity index (χ3v) is 7.52. The van der Waals surface area contributed by atoms with Gasteiger partial charge >= 0.3 is 0 Å². The zero-order valence-corrected chi connectivity index (χ0v) is 18.0. The van der Waals surface area contributed by atoms with Gasteiger partial charge in [0.05, 0.1) is 19.6 Å². The summed E-state index contributed by atoms with van der Waals surface area (Å²) in [7, 11) is 3.63. The number of methoxy groups -OCH3 is 1. The zero-order valence-electron chi connectivity index (χ0n) is 18.0. The summed E-state index contributed by atoms with van der Waals surface area (Å²) in [6, 6.07) is 9.58. The number of carbonyl (C=O) groups is 1. The minimum Gasteiger partial charge on any atom is -0.497 e. The van der Waals surface area contributed by atoms with Gasteiger partial charge in [0.15, 0.2) is 0 Å². The molecule has 6 nitrogen and oxygen atoms in total. The normalized spacial score (nSPS) is 28.8. The van der Waals surface area contributed by atoms with Gasteiger partial charge in [0.25, 0.3) is 5.91 Å². The predicted octanol–water partition coefficient (Wildman–Crippen LogP) is 2.99. The van der Waals surface area contributed by atoms with E-state index in [4.69, 9.17) is 4.74 Å². The van der Waals surface area contributed by atoms with Crippen LogP contribution in [-0.4, -0.2) is 64.1 Å². The zero-order chi connectivity index (χ0) is 20.7. The molecular weight excluding hydrogens is 376 g/mol. The number of fused-ring (bicyclic) bond motifs is 4. The van der Waals surface area contributed by atoms with Crippen molar-refractivity contribution in [2.45, 2.75) is 44.2 Å². The van der Waals surface area contributed by atoms with E-state index in [1.165, 1.54) is 37.8 Å². The average Bonchev–Trinajstić information content (AvgIpc) is 3.22. The lowest BCUT2D eigenvalue weighted by Crippen LogP contribution is -2.64. The number of aromatic nitrogens is 2. The highest BCUT2D eigenvalue weighted by molar-refractivity contribution is 5.92. The molecule has 0 saturated carbocycles. The number of likely N-dealkylation sites (tertiary alicyclic amines) is 1. The molecule has 30 heavy (non-hydrogen) atoms. The molecule has 3 fully saturated rings.